The van der Waals surface area contributed by atoms with E-state index in [0.717, 1.165) is 34.5 Å². The molecule has 24 heavy (non-hydrogen) atoms. The number of aromatic nitrogens is 3. The summed E-state index contributed by atoms with van der Waals surface area (Å²) < 4.78 is 0. The molecule has 2 aromatic carbocycles. The monoisotopic (exact) mass is 340 g/mol. The maximum atomic E-state index is 5.64. The molecule has 0 atom stereocenters. The fourth-order valence-corrected chi connectivity index (χ4v) is 2.40. The van der Waals surface area contributed by atoms with Crippen LogP contribution >= 0.6 is 12.4 Å². The molecule has 0 unspecified atom stereocenters. The summed E-state index contributed by atoms with van der Waals surface area (Å²) >= 11 is 0. The first-order valence-electron chi connectivity index (χ1n) is 7.69. The van der Waals surface area contributed by atoms with Crippen molar-refractivity contribution in [1.29, 1.82) is 0 Å². The van der Waals surface area contributed by atoms with Gasteiger partial charge in [0.25, 0.3) is 0 Å². The third kappa shape index (κ3) is 3.97. The molecule has 0 saturated heterocycles. The number of nitrogen functional groups attached to an aromatic ring is 1. The predicted molar refractivity (Wildman–Crippen MR) is 103 cm³/mol. The van der Waals surface area contributed by atoms with E-state index in [1.165, 1.54) is 5.56 Å². The molecule has 0 aliphatic rings. The van der Waals surface area contributed by atoms with Crippen molar-refractivity contribution in [3.8, 4) is 11.3 Å². The molecule has 2 aromatic heterocycles. The normalized spacial score (nSPS) is 9.88. The molecule has 4 N–H and O–H groups in total. The number of nitrogens with one attached hydrogen (secondary N) is 2. The van der Waals surface area contributed by atoms with Crippen LogP contribution in [0, 0.1) is 0 Å². The number of hydrogen-bond donors (Lipinski definition) is 3. The Morgan fingerprint density at radius 3 is 2.38 bits per heavy atom. The van der Waals surface area contributed by atoms with Crippen molar-refractivity contribution >= 4 is 29.0 Å². The molecule has 0 aliphatic heterocycles. The van der Waals surface area contributed by atoms with Gasteiger partial charge in [0.15, 0.2) is 0 Å². The van der Waals surface area contributed by atoms with Crippen LogP contribution in [-0.4, -0.2) is 15.0 Å². The summed E-state index contributed by atoms with van der Waals surface area (Å²) in [5.74, 6) is 1.04. The predicted octanol–water partition coefficient (Wildman–Crippen LogP) is 4.81. The first-order valence-corrected chi connectivity index (χ1v) is 7.69. The standard InChI is InChI=1S/C11H12N2.C8H8N2.ClH/c1-2-11-12-8-10(13-11)9-6-4-3-5-7-9;9-7-5-10-8-4-2-1-3-6(7)8;/h3-8H,2H2,1H3,(H,12,13);1-5,10H,9H2;1H. The van der Waals surface area contributed by atoms with Crippen LogP contribution in [0.1, 0.15) is 12.7 Å². The maximum Gasteiger partial charge on any atom is 0.106 e. The number of hydrogen-bond acceptors (Lipinski definition) is 2. The summed E-state index contributed by atoms with van der Waals surface area (Å²) in [4.78, 5) is 10.6. The Bertz CT molecular complexity index is 880. The average molecular weight is 341 g/mol. The molecule has 0 radical (unpaired) electrons. The lowest BCUT2D eigenvalue weighted by Crippen LogP contribution is -1.81. The number of benzene rings is 2. The topological polar surface area (TPSA) is 70.5 Å². The second-order valence-corrected chi connectivity index (χ2v) is 5.25. The van der Waals surface area contributed by atoms with Gasteiger partial charge in [-0.05, 0) is 11.6 Å². The molecule has 0 bridgehead atoms. The molecule has 0 saturated carbocycles. The van der Waals surface area contributed by atoms with Gasteiger partial charge in [-0.25, -0.2) is 4.98 Å². The number of nitrogens with zero attached hydrogens (tertiary/aromatic N) is 1. The van der Waals surface area contributed by atoms with Crippen LogP contribution in [-0.2, 0) is 6.42 Å². The van der Waals surface area contributed by atoms with E-state index in [1.807, 2.05) is 54.9 Å². The molecule has 4 nitrogen and oxygen atoms in total. The summed E-state index contributed by atoms with van der Waals surface area (Å²) in [5.41, 5.74) is 9.84. The molecule has 0 spiro atoms. The van der Waals surface area contributed by atoms with Gasteiger partial charge < -0.3 is 15.7 Å². The van der Waals surface area contributed by atoms with Crippen LogP contribution in [0.2, 0.25) is 0 Å². The van der Waals surface area contributed by atoms with E-state index in [0.29, 0.717) is 0 Å². The summed E-state index contributed by atoms with van der Waals surface area (Å²) in [6, 6.07) is 18.2. The Hall–Kier alpha value is -2.72. The van der Waals surface area contributed by atoms with Crippen LogP contribution in [0.3, 0.4) is 0 Å². The van der Waals surface area contributed by atoms with Crippen molar-refractivity contribution in [3.63, 3.8) is 0 Å². The maximum absolute atomic E-state index is 5.64. The van der Waals surface area contributed by atoms with E-state index in [1.54, 1.807) is 0 Å². The Morgan fingerprint density at radius 2 is 1.71 bits per heavy atom. The van der Waals surface area contributed by atoms with Crippen LogP contribution in [0.15, 0.2) is 67.0 Å². The third-order valence-electron chi connectivity index (χ3n) is 3.67. The lowest BCUT2D eigenvalue weighted by molar-refractivity contribution is 0.991. The van der Waals surface area contributed by atoms with Crippen LogP contribution in [0.25, 0.3) is 22.2 Å². The van der Waals surface area contributed by atoms with Gasteiger partial charge in [0.2, 0.25) is 0 Å². The summed E-state index contributed by atoms with van der Waals surface area (Å²) in [5, 5.41) is 1.10. The number of fused-ring (bicyclic) bond motifs is 1. The highest BCUT2D eigenvalue weighted by molar-refractivity contribution is 5.90. The Morgan fingerprint density at radius 1 is 1.00 bits per heavy atom. The molecule has 124 valence electrons. The smallest absolute Gasteiger partial charge is 0.106 e. The minimum atomic E-state index is 0. The van der Waals surface area contributed by atoms with Crippen LogP contribution in [0.5, 0.6) is 0 Å². The van der Waals surface area contributed by atoms with Gasteiger partial charge in [0.05, 0.1) is 17.6 Å². The highest BCUT2D eigenvalue weighted by Gasteiger charge is 1.99. The molecule has 2 heterocycles. The third-order valence-corrected chi connectivity index (χ3v) is 3.67. The van der Waals surface area contributed by atoms with E-state index in [-0.39, 0.29) is 12.4 Å². The van der Waals surface area contributed by atoms with Crippen LogP contribution in [0.4, 0.5) is 5.69 Å². The van der Waals surface area contributed by atoms with Crippen molar-refractivity contribution in [2.45, 2.75) is 13.3 Å². The molecule has 0 fully saturated rings. The summed E-state index contributed by atoms with van der Waals surface area (Å²) in [7, 11) is 0. The Balaban J connectivity index is 0.000000172. The van der Waals surface area contributed by atoms with E-state index in [2.05, 4.69) is 34.0 Å². The first-order chi connectivity index (χ1) is 11.3. The second kappa shape index (κ2) is 8.22. The fourth-order valence-electron chi connectivity index (χ4n) is 2.40. The molecule has 4 rings (SSSR count). The van der Waals surface area contributed by atoms with Gasteiger partial charge in [-0.3, -0.25) is 0 Å². The van der Waals surface area contributed by atoms with E-state index in [4.69, 9.17) is 5.73 Å². The van der Waals surface area contributed by atoms with E-state index in [9.17, 15) is 0 Å². The van der Waals surface area contributed by atoms with E-state index < -0.39 is 0 Å². The first kappa shape index (κ1) is 17.6. The highest BCUT2D eigenvalue weighted by Crippen LogP contribution is 2.18. The van der Waals surface area contributed by atoms with Gasteiger partial charge in [0.1, 0.15) is 5.82 Å². The molecule has 0 amide bonds. The van der Waals surface area contributed by atoms with Crippen molar-refractivity contribution in [3.05, 3.63) is 72.8 Å². The summed E-state index contributed by atoms with van der Waals surface area (Å²) in [6.45, 7) is 2.09. The van der Waals surface area contributed by atoms with Crippen molar-refractivity contribution in [2.24, 2.45) is 0 Å². The molecule has 4 aromatic rings. The molecular weight excluding hydrogens is 320 g/mol. The number of halogens is 1. The fraction of sp³-hybridized carbons (Fsp3) is 0.105. The zero-order chi connectivity index (χ0) is 16.1. The summed E-state index contributed by atoms with van der Waals surface area (Å²) in [6.07, 6.45) is 4.64. The lowest BCUT2D eigenvalue weighted by atomic mass is 10.2. The molecule has 5 heteroatoms. The van der Waals surface area contributed by atoms with Crippen molar-refractivity contribution in [1.82, 2.24) is 15.0 Å². The van der Waals surface area contributed by atoms with Gasteiger partial charge in [-0.2, -0.15) is 0 Å². The number of nitrogens with two attached hydrogens (primary N) is 1. The number of para-hydroxylation sites is 1. The number of aromatic amines is 2. The number of anilines is 1. The van der Waals surface area contributed by atoms with Gasteiger partial charge in [-0.1, -0.05) is 55.5 Å². The van der Waals surface area contributed by atoms with Gasteiger partial charge >= 0.3 is 0 Å². The van der Waals surface area contributed by atoms with E-state index >= 15 is 0 Å². The number of aryl methyl sites for hydroxylation is 1. The average Bonchev–Trinajstić information content (AvgIpc) is 3.24. The molecular formula is C19H21ClN4. The molecule has 0 aliphatic carbocycles. The van der Waals surface area contributed by atoms with Gasteiger partial charge in [0, 0.05) is 23.5 Å². The Labute approximate surface area is 147 Å². The number of imidazole rings is 1. The zero-order valence-electron chi connectivity index (χ0n) is 13.5. The largest absolute Gasteiger partial charge is 0.397 e. The quantitative estimate of drug-likeness (QED) is 0.490. The second-order valence-electron chi connectivity index (χ2n) is 5.25. The minimum Gasteiger partial charge on any atom is -0.397 e. The van der Waals surface area contributed by atoms with Crippen molar-refractivity contribution < 1.29 is 0 Å². The minimum absolute atomic E-state index is 0. The lowest BCUT2D eigenvalue weighted by Gasteiger charge is -1.94. The van der Waals surface area contributed by atoms with Crippen molar-refractivity contribution in [2.75, 3.05) is 5.73 Å². The zero-order valence-corrected chi connectivity index (χ0v) is 14.3. The Kier molecular flexibility index (Phi) is 6.04. The number of rotatable bonds is 2. The SMILES string of the molecule is CCc1ncc(-c2ccccc2)[nH]1.Cl.Nc1c[nH]c2ccccc12. The highest BCUT2D eigenvalue weighted by atomic mass is 35.5. The van der Waals surface area contributed by atoms with Gasteiger partial charge in [-0.15, -0.1) is 12.4 Å². The van der Waals surface area contributed by atoms with Crippen LogP contribution < -0.4 is 5.73 Å². The number of H-pyrrole nitrogens is 2.